The van der Waals surface area contributed by atoms with Gasteiger partial charge in [0.2, 0.25) is 6.71 Å². The Kier molecular flexibility index (Phi) is 11.1. The van der Waals surface area contributed by atoms with Gasteiger partial charge in [-0.2, -0.15) is 0 Å². The van der Waals surface area contributed by atoms with Gasteiger partial charge in [0.1, 0.15) is 0 Å². The number of rotatable bonds is 5. The Balaban J connectivity index is 0.846. The molecule has 0 amide bonds. The maximum absolute atomic E-state index is 2.80. The van der Waals surface area contributed by atoms with Crippen molar-refractivity contribution in [2.45, 2.75) is 86.8 Å². The van der Waals surface area contributed by atoms with E-state index in [-0.39, 0.29) is 13.4 Å². The second-order valence-corrected chi connectivity index (χ2v) is 27.5. The number of aryl methyl sites for hydroxylation is 4. The lowest BCUT2D eigenvalue weighted by molar-refractivity contribution is 0.742. The van der Waals surface area contributed by atoms with E-state index >= 15 is 0 Å². The molecule has 0 saturated heterocycles. The maximum atomic E-state index is 2.80. The summed E-state index contributed by atoms with van der Waals surface area (Å²) in [6.07, 6.45) is 13.5. The maximum Gasteiger partial charge on any atom is 0.252 e. The Bertz CT molecular complexity index is 4620. The van der Waals surface area contributed by atoms with Gasteiger partial charge < -0.3 is 34.3 Å². The van der Waals surface area contributed by atoms with Gasteiger partial charge in [-0.3, -0.25) is 0 Å². The van der Waals surface area contributed by atoms with Crippen molar-refractivity contribution in [2.75, 3.05) is 73.6 Å². The Morgan fingerprint density at radius 3 is 1.25 bits per heavy atom. The van der Waals surface area contributed by atoms with E-state index in [4.69, 9.17) is 0 Å². The summed E-state index contributed by atoms with van der Waals surface area (Å²) in [6, 6.07) is 74.4. The van der Waals surface area contributed by atoms with E-state index in [0.29, 0.717) is 0 Å². The molecule has 0 aromatic heterocycles. The van der Waals surface area contributed by atoms with Crippen LogP contribution in [-0.4, -0.2) is 52.7 Å². The van der Waals surface area contributed by atoms with E-state index in [9.17, 15) is 0 Å². The fraction of sp³-hybridized carbons (Fsp3) is 0.231. The molecule has 0 atom stereocenters. The molecule has 0 saturated carbocycles. The molecule has 7 nitrogen and oxygen atoms in total. The fourth-order valence-electron chi connectivity index (χ4n) is 18.3. The molecule has 10 heteroatoms. The van der Waals surface area contributed by atoms with Gasteiger partial charge in [-0.1, -0.05) is 126 Å². The van der Waals surface area contributed by atoms with Crippen molar-refractivity contribution in [2.24, 2.45) is 0 Å². The van der Waals surface area contributed by atoms with Crippen molar-refractivity contribution in [3.05, 3.63) is 221 Å². The number of benzene rings is 10. The molecule has 0 radical (unpaired) electrons. The summed E-state index contributed by atoms with van der Waals surface area (Å²) in [5.74, 6) is 0. The Labute approximate surface area is 522 Å². The van der Waals surface area contributed by atoms with Crippen LogP contribution in [0.25, 0.3) is 0 Å². The van der Waals surface area contributed by atoms with Crippen LogP contribution in [0, 0.1) is 0 Å². The summed E-state index contributed by atoms with van der Waals surface area (Å²) in [5, 5.41) is 0. The smallest absolute Gasteiger partial charge is 0.252 e. The van der Waals surface area contributed by atoms with E-state index in [0.717, 1.165) is 116 Å². The average molecular weight is 1160 g/mol. The Morgan fingerprint density at radius 2 is 0.705 bits per heavy atom. The molecule has 88 heavy (non-hydrogen) atoms. The monoisotopic (exact) mass is 1160 g/mol. The average Bonchev–Trinajstić information content (AvgIpc) is 0.705. The summed E-state index contributed by atoms with van der Waals surface area (Å²) in [5.41, 5.74) is 38.0. The second kappa shape index (κ2) is 19.4. The topological polar surface area (TPSA) is 22.7 Å². The molecule has 0 spiro atoms. The number of anilines is 15. The number of hydrogen-bond acceptors (Lipinski definition) is 8. The van der Waals surface area contributed by atoms with Crippen LogP contribution < -0.4 is 67.1 Å². The third-order valence-electron chi connectivity index (χ3n) is 21.9. The molecule has 0 fully saturated rings. The fourth-order valence-corrected chi connectivity index (χ4v) is 19.5. The predicted molar refractivity (Wildman–Crippen MR) is 372 cm³/mol. The van der Waals surface area contributed by atoms with Crippen molar-refractivity contribution in [3.63, 3.8) is 0 Å². The van der Waals surface area contributed by atoms with Gasteiger partial charge >= 0.3 is 0 Å². The lowest BCUT2D eigenvalue weighted by atomic mass is 9.30. The molecule has 10 aromatic rings. The summed E-state index contributed by atoms with van der Waals surface area (Å²) in [6.45, 7) is 6.17. The van der Waals surface area contributed by atoms with Crippen LogP contribution in [0.15, 0.2) is 198 Å². The molecule has 0 bridgehead atoms. The predicted octanol–water partition coefficient (Wildman–Crippen LogP) is 14.1. The SMILES string of the molecule is c1ccc(N2c3cc4c(cc3B3c5ccc(N6CCCc7ccccc76)c6c5N(CCC6)c5cc(N6CCCc7ccccc76)cc2c53)B2c3ccc(N5CCCc6ccccc65)c5c3N(CCC5)c3cc(N5CCCc6ccccc65)cc(c32)S4)cc1. The van der Waals surface area contributed by atoms with Crippen LogP contribution in [0.5, 0.6) is 0 Å². The van der Waals surface area contributed by atoms with Gasteiger partial charge in [-0.15, -0.1) is 0 Å². The van der Waals surface area contributed by atoms with Gasteiger partial charge in [0.05, 0.1) is 0 Å². The van der Waals surface area contributed by atoms with Crippen LogP contribution in [0.2, 0.25) is 0 Å². The molecule has 0 unspecified atom stereocenters. The molecule has 10 aliphatic rings. The summed E-state index contributed by atoms with van der Waals surface area (Å²) in [4.78, 5) is 21.7. The van der Waals surface area contributed by atoms with Crippen molar-refractivity contribution in [3.8, 4) is 0 Å². The molecule has 0 N–H and O–H groups in total. The normalized spacial score (nSPS) is 17.6. The standard InChI is InChI=1S/C78H67B2N7S/c1-2-26-54(27-3-1)87-69-49-73-62(80-60-35-37-68(84-41-15-25-53-21-7-11-33-66(53)84)58-29-17-43-86(78(58)60)71-45-56(47-74(88-73)76(71)80)82-39-13-23-51-19-5-9-31-64(51)82)48-61(69)79-59-34-36-67(83-40-14-24-52-20-6-10-32-65(52)83)57-28-16-42-85(77(57)59)70-44-55(46-72(87)75(70)79)81-38-12-22-50-18-4-8-30-63(50)81/h1-11,18-21,26-27,30-37,44-49H,12-17,22-25,28-29,38-43H2. The third-order valence-corrected chi connectivity index (χ3v) is 23.0. The van der Waals surface area contributed by atoms with Gasteiger partial charge in [0, 0.05) is 134 Å². The summed E-state index contributed by atoms with van der Waals surface area (Å²) < 4.78 is 0. The van der Waals surface area contributed by atoms with Crippen molar-refractivity contribution >= 4 is 143 Å². The first-order valence-electron chi connectivity index (χ1n) is 33.0. The first kappa shape index (κ1) is 50.3. The molecule has 10 heterocycles. The van der Waals surface area contributed by atoms with Crippen molar-refractivity contribution in [1.82, 2.24) is 0 Å². The van der Waals surface area contributed by atoms with Crippen LogP contribution in [0.1, 0.15) is 71.9 Å². The number of fused-ring (bicyclic) bond motifs is 12. The van der Waals surface area contributed by atoms with Crippen LogP contribution in [0.4, 0.5) is 85.3 Å². The number of para-hydroxylation sites is 5. The van der Waals surface area contributed by atoms with Gasteiger partial charge in [0.15, 0.2) is 0 Å². The minimum absolute atomic E-state index is 0.0155. The first-order chi connectivity index (χ1) is 43.7. The number of hydrogen-bond donors (Lipinski definition) is 0. The van der Waals surface area contributed by atoms with E-state index in [1.807, 2.05) is 11.8 Å². The number of nitrogens with zero attached hydrogens (tertiary/aromatic N) is 7. The molecular weight excluding hydrogens is 1090 g/mol. The van der Waals surface area contributed by atoms with E-state index in [1.165, 1.54) is 161 Å². The second-order valence-electron chi connectivity index (χ2n) is 26.4. The highest BCUT2D eigenvalue weighted by Gasteiger charge is 2.49. The van der Waals surface area contributed by atoms with Crippen molar-refractivity contribution < 1.29 is 0 Å². The molecule has 20 rings (SSSR count). The third kappa shape index (κ3) is 7.24. The largest absolute Gasteiger partial charge is 0.342 e. The highest BCUT2D eigenvalue weighted by molar-refractivity contribution is 8.00. The molecule has 10 aliphatic heterocycles. The van der Waals surface area contributed by atoms with Gasteiger partial charge in [-0.05, 0) is 217 Å². The van der Waals surface area contributed by atoms with Crippen LogP contribution >= 0.6 is 11.8 Å². The summed E-state index contributed by atoms with van der Waals surface area (Å²) >= 11 is 2.04. The van der Waals surface area contributed by atoms with E-state index < -0.39 is 0 Å². The minimum Gasteiger partial charge on any atom is -0.342 e. The molecule has 0 aliphatic carbocycles. The molecule has 10 aromatic carbocycles. The van der Waals surface area contributed by atoms with Crippen molar-refractivity contribution in [1.29, 1.82) is 0 Å². The van der Waals surface area contributed by atoms with Gasteiger partial charge in [0.25, 0.3) is 6.71 Å². The zero-order valence-electron chi connectivity index (χ0n) is 49.8. The lowest BCUT2D eigenvalue weighted by Gasteiger charge is -2.48. The van der Waals surface area contributed by atoms with E-state index in [1.54, 1.807) is 0 Å². The zero-order chi connectivity index (χ0) is 57.3. The highest BCUT2D eigenvalue weighted by Crippen LogP contribution is 2.53. The van der Waals surface area contributed by atoms with Crippen LogP contribution in [-0.2, 0) is 38.5 Å². The lowest BCUT2D eigenvalue weighted by Crippen LogP contribution is -2.65. The van der Waals surface area contributed by atoms with E-state index in [2.05, 4.69) is 222 Å². The van der Waals surface area contributed by atoms with Gasteiger partial charge in [-0.25, -0.2) is 0 Å². The van der Waals surface area contributed by atoms with Crippen LogP contribution in [0.3, 0.4) is 0 Å². The highest BCUT2D eigenvalue weighted by atomic mass is 32.2. The minimum atomic E-state index is 0.0155. The first-order valence-corrected chi connectivity index (χ1v) is 33.8. The molecular formula is C78H67B2N7S. The quantitative estimate of drug-likeness (QED) is 0.157. The Morgan fingerprint density at radius 1 is 0.273 bits per heavy atom. The summed E-state index contributed by atoms with van der Waals surface area (Å²) in [7, 11) is 0. The zero-order valence-corrected chi connectivity index (χ0v) is 50.6. The Hall–Kier alpha value is -8.72. The molecule has 426 valence electrons.